The van der Waals surface area contributed by atoms with Crippen LogP contribution in [0.2, 0.25) is 0 Å². The molecule has 0 saturated heterocycles. The van der Waals surface area contributed by atoms with Gasteiger partial charge in [-0.1, -0.05) is 0 Å². The van der Waals surface area contributed by atoms with E-state index in [0.717, 1.165) is 0 Å². The molecule has 0 spiro atoms. The summed E-state index contributed by atoms with van der Waals surface area (Å²) in [6.45, 7) is 0. The molecule has 0 aliphatic heterocycles. The third-order valence-electron chi connectivity index (χ3n) is 1.33. The van der Waals surface area contributed by atoms with E-state index >= 15 is 0 Å². The molecule has 0 aromatic rings. The van der Waals surface area contributed by atoms with Crippen LogP contribution in [0.1, 0.15) is 0 Å². The first-order chi connectivity index (χ1) is 6.21. The normalized spacial score (nSPS) is 14.5. The molecule has 0 aliphatic rings. The molecule has 0 unspecified atom stereocenters. The summed E-state index contributed by atoms with van der Waals surface area (Å²) in [5.41, 5.74) is -5.48. The molecule has 0 heterocycles. The SMILES string of the molecule is O=S(=O)(O)CC(O)(C(F)(F)F)C(F)(F)F.[NaH]. The molecule has 0 atom stereocenters. The van der Waals surface area contributed by atoms with Gasteiger partial charge in [-0.05, 0) is 0 Å². The van der Waals surface area contributed by atoms with Gasteiger partial charge in [-0.2, -0.15) is 34.8 Å². The van der Waals surface area contributed by atoms with Crippen LogP contribution in [0.3, 0.4) is 0 Å². The number of hydrogen-bond acceptors (Lipinski definition) is 3. The second-order valence-electron chi connectivity index (χ2n) is 2.58. The van der Waals surface area contributed by atoms with E-state index in [4.69, 9.17) is 9.66 Å². The van der Waals surface area contributed by atoms with Gasteiger partial charge in [0.1, 0.15) is 5.75 Å². The van der Waals surface area contributed by atoms with Gasteiger partial charge >= 0.3 is 41.9 Å². The molecule has 0 amide bonds. The van der Waals surface area contributed by atoms with Crippen molar-refractivity contribution in [3.05, 3.63) is 0 Å². The van der Waals surface area contributed by atoms with Crippen LogP contribution in [-0.2, 0) is 10.1 Å². The Balaban J connectivity index is 0. The third kappa shape index (κ3) is 4.37. The summed E-state index contributed by atoms with van der Waals surface area (Å²) in [6.07, 6.45) is -12.5. The Morgan fingerprint density at radius 3 is 1.25 bits per heavy atom. The third-order valence-corrected chi connectivity index (χ3v) is 2.11. The average molecular weight is 286 g/mol. The Kier molecular flexibility index (Phi) is 5.85. The fraction of sp³-hybridized carbons (Fsp3) is 1.00. The monoisotopic (exact) mass is 286 g/mol. The molecule has 16 heavy (non-hydrogen) atoms. The Hall–Kier alpha value is 0.450. The summed E-state index contributed by atoms with van der Waals surface area (Å²) in [7, 11) is -5.64. The average Bonchev–Trinajstić information content (AvgIpc) is 1.77. The fourth-order valence-corrected chi connectivity index (χ4v) is 1.44. The van der Waals surface area contributed by atoms with Crippen molar-refractivity contribution in [2.75, 3.05) is 5.75 Å². The van der Waals surface area contributed by atoms with Crippen molar-refractivity contribution in [2.24, 2.45) is 0 Å². The second kappa shape index (κ2) is 4.98. The standard InChI is InChI=1S/C4H4F6O4S.Na.H/c5-3(6,7)2(11,4(8,9)10)1-15(12,13)14;;/h11H,1H2,(H,12,13,14);;. The van der Waals surface area contributed by atoms with E-state index in [0.29, 0.717) is 0 Å². The molecule has 0 saturated carbocycles. The van der Waals surface area contributed by atoms with Gasteiger partial charge in [0.25, 0.3) is 15.7 Å². The molecular formula is C4H5F6NaO4S. The van der Waals surface area contributed by atoms with E-state index in [1.807, 2.05) is 0 Å². The summed E-state index contributed by atoms with van der Waals surface area (Å²) in [5, 5.41) is 8.23. The molecule has 2 N–H and O–H groups in total. The molecule has 0 radical (unpaired) electrons. The maximum atomic E-state index is 11.8. The zero-order chi connectivity index (χ0) is 12.7. The van der Waals surface area contributed by atoms with E-state index in [1.165, 1.54) is 0 Å². The van der Waals surface area contributed by atoms with Crippen LogP contribution in [0, 0.1) is 0 Å². The topological polar surface area (TPSA) is 74.6 Å². The number of aliphatic hydroxyl groups is 1. The number of hydrogen-bond donors (Lipinski definition) is 2. The van der Waals surface area contributed by atoms with Crippen molar-refractivity contribution in [1.82, 2.24) is 0 Å². The van der Waals surface area contributed by atoms with Gasteiger partial charge < -0.3 is 5.11 Å². The van der Waals surface area contributed by atoms with Crippen LogP contribution in [0.5, 0.6) is 0 Å². The quantitative estimate of drug-likeness (QED) is 0.428. The van der Waals surface area contributed by atoms with Crippen molar-refractivity contribution >= 4 is 39.7 Å². The Morgan fingerprint density at radius 2 is 1.19 bits per heavy atom. The summed E-state index contributed by atoms with van der Waals surface area (Å²) in [6, 6.07) is 0. The number of halogens is 6. The number of rotatable bonds is 2. The van der Waals surface area contributed by atoms with Crippen LogP contribution in [0.25, 0.3) is 0 Å². The van der Waals surface area contributed by atoms with Gasteiger partial charge in [0.2, 0.25) is 0 Å². The minimum absolute atomic E-state index is 0. The van der Waals surface area contributed by atoms with E-state index in [-0.39, 0.29) is 29.6 Å². The van der Waals surface area contributed by atoms with Crippen molar-refractivity contribution in [3.63, 3.8) is 0 Å². The molecule has 0 aliphatic carbocycles. The summed E-state index contributed by atoms with van der Waals surface area (Å²) >= 11 is 0. The first-order valence-electron chi connectivity index (χ1n) is 3.02. The van der Waals surface area contributed by atoms with Gasteiger partial charge in [0.05, 0.1) is 0 Å². The van der Waals surface area contributed by atoms with E-state index in [1.54, 1.807) is 0 Å². The first-order valence-corrected chi connectivity index (χ1v) is 4.62. The molecule has 4 nitrogen and oxygen atoms in total. The van der Waals surface area contributed by atoms with Gasteiger partial charge in [-0.25, -0.2) is 0 Å². The van der Waals surface area contributed by atoms with Crippen molar-refractivity contribution < 1.29 is 44.4 Å². The molecule has 0 bridgehead atoms. The molecule has 94 valence electrons. The zero-order valence-corrected chi connectivity index (χ0v) is 7.41. The fourth-order valence-electron chi connectivity index (χ4n) is 0.588. The second-order valence-corrected chi connectivity index (χ2v) is 4.03. The zero-order valence-electron chi connectivity index (χ0n) is 6.59. The molecule has 12 heteroatoms. The van der Waals surface area contributed by atoms with Crippen molar-refractivity contribution in [3.8, 4) is 0 Å². The first kappa shape index (κ1) is 18.8. The predicted molar refractivity (Wildman–Crippen MR) is 40.6 cm³/mol. The van der Waals surface area contributed by atoms with Crippen LogP contribution in [0.15, 0.2) is 0 Å². The summed E-state index contributed by atoms with van der Waals surface area (Å²) < 4.78 is 98.5. The molecule has 0 aromatic heterocycles. The Labute approximate surface area is 108 Å². The Bertz CT molecular complexity index is 317. The minimum atomic E-state index is -6.26. The van der Waals surface area contributed by atoms with Gasteiger partial charge in [-0.15, -0.1) is 0 Å². The molecule has 0 fully saturated rings. The summed E-state index contributed by atoms with van der Waals surface area (Å²) in [5.74, 6) is -2.90. The predicted octanol–water partition coefficient (Wildman–Crippen LogP) is 0.0814. The van der Waals surface area contributed by atoms with Crippen LogP contribution < -0.4 is 0 Å². The van der Waals surface area contributed by atoms with Gasteiger partial charge in [0.15, 0.2) is 0 Å². The van der Waals surface area contributed by atoms with Crippen LogP contribution in [0.4, 0.5) is 26.3 Å². The van der Waals surface area contributed by atoms with Crippen LogP contribution >= 0.6 is 0 Å². The maximum absolute atomic E-state index is 11.8. The Morgan fingerprint density at radius 1 is 0.938 bits per heavy atom. The molecular weight excluding hydrogens is 281 g/mol. The van der Waals surface area contributed by atoms with E-state index in [9.17, 15) is 34.8 Å². The van der Waals surface area contributed by atoms with Gasteiger partial charge in [-0.3, -0.25) is 4.55 Å². The number of alkyl halides is 6. The van der Waals surface area contributed by atoms with Gasteiger partial charge in [0, 0.05) is 0 Å². The van der Waals surface area contributed by atoms with E-state index < -0.39 is 33.8 Å². The van der Waals surface area contributed by atoms with Crippen molar-refractivity contribution in [1.29, 1.82) is 0 Å². The van der Waals surface area contributed by atoms with Crippen molar-refractivity contribution in [2.45, 2.75) is 18.0 Å². The summed E-state index contributed by atoms with van der Waals surface area (Å²) in [4.78, 5) is 0. The van der Waals surface area contributed by atoms with Crippen LogP contribution in [-0.4, -0.2) is 71.3 Å². The molecule has 0 rings (SSSR count). The van der Waals surface area contributed by atoms with E-state index in [2.05, 4.69) is 0 Å². The molecule has 0 aromatic carbocycles.